The first kappa shape index (κ1) is 14.0. The first-order valence-electron chi connectivity index (χ1n) is 7.21. The molecule has 0 amide bonds. The van der Waals surface area contributed by atoms with E-state index in [9.17, 15) is 0 Å². The second kappa shape index (κ2) is 8.08. The summed E-state index contributed by atoms with van der Waals surface area (Å²) in [5.41, 5.74) is 0. The van der Waals surface area contributed by atoms with Crippen LogP contribution < -0.4 is 5.32 Å². The van der Waals surface area contributed by atoms with Gasteiger partial charge in [0.2, 0.25) is 0 Å². The summed E-state index contributed by atoms with van der Waals surface area (Å²) >= 11 is 0. The van der Waals surface area contributed by atoms with Crippen LogP contribution in [-0.2, 0) is 0 Å². The molecule has 0 saturated heterocycles. The standard InChI is InChI=1S/C14H30N2/c1-4-14(5-2)16(3)12-8-6-7-11-15-13-9-10-13/h13-15H,4-12H2,1-3H3. The van der Waals surface area contributed by atoms with Crippen molar-refractivity contribution in [2.24, 2.45) is 0 Å². The lowest BCUT2D eigenvalue weighted by atomic mass is 10.1. The van der Waals surface area contributed by atoms with Crippen LogP contribution in [0.25, 0.3) is 0 Å². The van der Waals surface area contributed by atoms with Crippen molar-refractivity contribution in [3.8, 4) is 0 Å². The van der Waals surface area contributed by atoms with Crippen LogP contribution in [0, 0.1) is 0 Å². The smallest absolute Gasteiger partial charge is 0.00869 e. The van der Waals surface area contributed by atoms with Gasteiger partial charge in [0.05, 0.1) is 0 Å². The van der Waals surface area contributed by atoms with Crippen molar-refractivity contribution < 1.29 is 0 Å². The van der Waals surface area contributed by atoms with Gasteiger partial charge in [-0.15, -0.1) is 0 Å². The lowest BCUT2D eigenvalue weighted by molar-refractivity contribution is 0.225. The summed E-state index contributed by atoms with van der Waals surface area (Å²) in [5.74, 6) is 0. The molecule has 0 spiro atoms. The largest absolute Gasteiger partial charge is 0.314 e. The fourth-order valence-electron chi connectivity index (χ4n) is 2.35. The van der Waals surface area contributed by atoms with Gasteiger partial charge in [0, 0.05) is 12.1 Å². The van der Waals surface area contributed by atoms with Crippen LogP contribution in [0.5, 0.6) is 0 Å². The third-order valence-electron chi connectivity index (χ3n) is 3.76. The van der Waals surface area contributed by atoms with Gasteiger partial charge in [-0.2, -0.15) is 0 Å². The highest BCUT2D eigenvalue weighted by molar-refractivity contribution is 4.80. The molecule has 1 N–H and O–H groups in total. The van der Waals surface area contributed by atoms with Gasteiger partial charge in [-0.25, -0.2) is 0 Å². The van der Waals surface area contributed by atoms with Gasteiger partial charge < -0.3 is 10.2 Å². The highest BCUT2D eigenvalue weighted by atomic mass is 15.1. The molecular weight excluding hydrogens is 196 g/mol. The average molecular weight is 226 g/mol. The number of nitrogens with zero attached hydrogens (tertiary/aromatic N) is 1. The van der Waals surface area contributed by atoms with Crippen LogP contribution in [0.3, 0.4) is 0 Å². The molecule has 1 fully saturated rings. The van der Waals surface area contributed by atoms with E-state index in [0.717, 1.165) is 12.1 Å². The van der Waals surface area contributed by atoms with Crippen LogP contribution in [0.1, 0.15) is 58.8 Å². The van der Waals surface area contributed by atoms with Gasteiger partial charge in [0.1, 0.15) is 0 Å². The zero-order valence-corrected chi connectivity index (χ0v) is 11.5. The first-order valence-corrected chi connectivity index (χ1v) is 7.21. The fourth-order valence-corrected chi connectivity index (χ4v) is 2.35. The highest BCUT2D eigenvalue weighted by Crippen LogP contribution is 2.18. The highest BCUT2D eigenvalue weighted by Gasteiger charge is 2.19. The van der Waals surface area contributed by atoms with E-state index in [1.807, 2.05) is 0 Å². The molecule has 1 rings (SSSR count). The van der Waals surface area contributed by atoms with E-state index < -0.39 is 0 Å². The summed E-state index contributed by atoms with van der Waals surface area (Å²) < 4.78 is 0. The Labute approximate surface area is 102 Å². The Morgan fingerprint density at radius 3 is 2.38 bits per heavy atom. The topological polar surface area (TPSA) is 15.3 Å². The average Bonchev–Trinajstić information content (AvgIpc) is 3.09. The molecule has 2 heteroatoms. The van der Waals surface area contributed by atoms with E-state index in [4.69, 9.17) is 0 Å². The molecule has 1 aliphatic rings. The molecule has 0 unspecified atom stereocenters. The van der Waals surface area contributed by atoms with Gasteiger partial charge in [-0.3, -0.25) is 0 Å². The number of nitrogens with one attached hydrogen (secondary N) is 1. The molecule has 0 radical (unpaired) electrons. The molecule has 1 saturated carbocycles. The molecule has 1 aliphatic carbocycles. The number of unbranched alkanes of at least 4 members (excludes halogenated alkanes) is 2. The predicted molar refractivity (Wildman–Crippen MR) is 71.9 cm³/mol. The van der Waals surface area contributed by atoms with Crippen molar-refractivity contribution in [1.29, 1.82) is 0 Å². The maximum Gasteiger partial charge on any atom is 0.00869 e. The molecular formula is C14H30N2. The summed E-state index contributed by atoms with van der Waals surface area (Å²) in [4.78, 5) is 2.54. The summed E-state index contributed by atoms with van der Waals surface area (Å²) in [7, 11) is 2.28. The van der Waals surface area contributed by atoms with E-state index in [2.05, 4.69) is 31.1 Å². The molecule has 0 bridgehead atoms. The third-order valence-corrected chi connectivity index (χ3v) is 3.76. The molecule has 0 aromatic rings. The van der Waals surface area contributed by atoms with E-state index in [1.54, 1.807) is 0 Å². The summed E-state index contributed by atoms with van der Waals surface area (Å²) in [6, 6.07) is 1.68. The second-order valence-corrected chi connectivity index (χ2v) is 5.24. The maximum absolute atomic E-state index is 3.58. The van der Waals surface area contributed by atoms with Crippen molar-refractivity contribution in [2.45, 2.75) is 70.9 Å². The van der Waals surface area contributed by atoms with Crippen LogP contribution >= 0.6 is 0 Å². The zero-order chi connectivity index (χ0) is 11.8. The van der Waals surface area contributed by atoms with Gasteiger partial charge in [-0.1, -0.05) is 20.3 Å². The Morgan fingerprint density at radius 1 is 1.12 bits per heavy atom. The molecule has 0 aliphatic heterocycles. The van der Waals surface area contributed by atoms with Crippen molar-refractivity contribution in [3.05, 3.63) is 0 Å². The Hall–Kier alpha value is -0.0800. The lowest BCUT2D eigenvalue weighted by Crippen LogP contribution is -2.31. The fraction of sp³-hybridized carbons (Fsp3) is 1.00. The summed E-state index contributed by atoms with van der Waals surface area (Å²) in [5, 5.41) is 3.58. The van der Waals surface area contributed by atoms with Crippen molar-refractivity contribution in [2.75, 3.05) is 20.1 Å². The Kier molecular flexibility index (Phi) is 7.06. The molecule has 96 valence electrons. The van der Waals surface area contributed by atoms with Crippen molar-refractivity contribution in [3.63, 3.8) is 0 Å². The van der Waals surface area contributed by atoms with Gasteiger partial charge >= 0.3 is 0 Å². The monoisotopic (exact) mass is 226 g/mol. The molecule has 0 heterocycles. The number of rotatable bonds is 10. The van der Waals surface area contributed by atoms with Gasteiger partial charge in [0.25, 0.3) is 0 Å². The number of hydrogen-bond acceptors (Lipinski definition) is 2. The second-order valence-electron chi connectivity index (χ2n) is 5.24. The zero-order valence-electron chi connectivity index (χ0n) is 11.5. The van der Waals surface area contributed by atoms with E-state index in [-0.39, 0.29) is 0 Å². The Bertz CT molecular complexity index is 162. The third kappa shape index (κ3) is 5.86. The molecule has 16 heavy (non-hydrogen) atoms. The summed E-state index contributed by atoms with van der Waals surface area (Å²) in [6.07, 6.45) is 9.50. The van der Waals surface area contributed by atoms with Gasteiger partial charge in [-0.05, 0) is 58.7 Å². The Balaban J connectivity index is 1.88. The first-order chi connectivity index (χ1) is 7.77. The molecule has 0 aromatic carbocycles. The summed E-state index contributed by atoms with van der Waals surface area (Å²) in [6.45, 7) is 7.10. The van der Waals surface area contributed by atoms with E-state index >= 15 is 0 Å². The predicted octanol–water partition coefficient (Wildman–Crippen LogP) is 3.03. The van der Waals surface area contributed by atoms with Crippen LogP contribution in [-0.4, -0.2) is 37.1 Å². The van der Waals surface area contributed by atoms with Crippen molar-refractivity contribution >= 4 is 0 Å². The molecule has 0 atom stereocenters. The minimum absolute atomic E-state index is 0.796. The quantitative estimate of drug-likeness (QED) is 0.576. The Morgan fingerprint density at radius 2 is 1.81 bits per heavy atom. The lowest BCUT2D eigenvalue weighted by Gasteiger charge is -2.25. The maximum atomic E-state index is 3.58. The van der Waals surface area contributed by atoms with Crippen LogP contribution in [0.2, 0.25) is 0 Å². The van der Waals surface area contributed by atoms with Crippen LogP contribution in [0.4, 0.5) is 0 Å². The minimum Gasteiger partial charge on any atom is -0.314 e. The number of hydrogen-bond donors (Lipinski definition) is 1. The minimum atomic E-state index is 0.796. The van der Waals surface area contributed by atoms with E-state index in [0.29, 0.717) is 0 Å². The molecule has 2 nitrogen and oxygen atoms in total. The van der Waals surface area contributed by atoms with Crippen molar-refractivity contribution in [1.82, 2.24) is 10.2 Å². The van der Waals surface area contributed by atoms with Gasteiger partial charge in [0.15, 0.2) is 0 Å². The van der Waals surface area contributed by atoms with E-state index in [1.165, 1.54) is 58.0 Å². The molecule has 0 aromatic heterocycles. The van der Waals surface area contributed by atoms with Crippen LogP contribution in [0.15, 0.2) is 0 Å². The SMILES string of the molecule is CCC(CC)N(C)CCCCCNC1CC1. The normalized spacial score (nSPS) is 16.3.